The molecule has 3 aromatic rings. The lowest BCUT2D eigenvalue weighted by Crippen LogP contribution is -2.23. The molecule has 1 N–H and O–H groups in total. The van der Waals surface area contributed by atoms with Gasteiger partial charge in [-0.2, -0.15) is 5.10 Å². The third kappa shape index (κ3) is 4.58. The molecule has 0 amide bonds. The monoisotopic (exact) mass is 396 g/mol. The summed E-state index contributed by atoms with van der Waals surface area (Å²) >= 11 is 11.8. The SMILES string of the molecule is O=S(=O)(NCc1ccc(Cn2cncn2)cc1)c1cc(Cl)ccc1Cl. The summed E-state index contributed by atoms with van der Waals surface area (Å²) in [6.45, 7) is 0.749. The number of nitrogens with one attached hydrogen (secondary N) is 1. The molecule has 0 fully saturated rings. The molecular formula is C16H14Cl2N4O2S. The first-order valence-electron chi connectivity index (χ1n) is 7.29. The molecule has 3 rings (SSSR count). The lowest BCUT2D eigenvalue weighted by Gasteiger charge is -2.09. The molecule has 25 heavy (non-hydrogen) atoms. The number of benzene rings is 2. The van der Waals surface area contributed by atoms with Gasteiger partial charge in [0.2, 0.25) is 10.0 Å². The van der Waals surface area contributed by atoms with E-state index in [1.807, 2.05) is 24.3 Å². The maximum absolute atomic E-state index is 12.4. The van der Waals surface area contributed by atoms with Crippen molar-refractivity contribution in [3.05, 3.63) is 76.3 Å². The van der Waals surface area contributed by atoms with Crippen molar-refractivity contribution in [2.24, 2.45) is 0 Å². The van der Waals surface area contributed by atoms with Crippen molar-refractivity contribution < 1.29 is 8.42 Å². The second-order valence-electron chi connectivity index (χ2n) is 5.31. The minimum absolute atomic E-state index is 0.0375. The first-order valence-corrected chi connectivity index (χ1v) is 9.53. The van der Waals surface area contributed by atoms with Gasteiger partial charge in [0.05, 0.1) is 11.6 Å². The smallest absolute Gasteiger partial charge is 0.242 e. The molecule has 6 nitrogen and oxygen atoms in total. The highest BCUT2D eigenvalue weighted by Gasteiger charge is 2.18. The van der Waals surface area contributed by atoms with Crippen molar-refractivity contribution in [1.82, 2.24) is 19.5 Å². The molecule has 0 unspecified atom stereocenters. The van der Waals surface area contributed by atoms with E-state index in [9.17, 15) is 8.42 Å². The van der Waals surface area contributed by atoms with Crippen molar-refractivity contribution in [1.29, 1.82) is 0 Å². The molecular weight excluding hydrogens is 383 g/mol. The second kappa shape index (κ2) is 7.53. The molecule has 0 aliphatic rings. The lowest BCUT2D eigenvalue weighted by atomic mass is 10.1. The molecule has 0 saturated carbocycles. The highest BCUT2D eigenvalue weighted by Crippen LogP contribution is 2.25. The van der Waals surface area contributed by atoms with E-state index in [-0.39, 0.29) is 16.5 Å². The average Bonchev–Trinajstić information content (AvgIpc) is 3.09. The predicted molar refractivity (Wildman–Crippen MR) is 96.1 cm³/mol. The van der Waals surface area contributed by atoms with E-state index in [4.69, 9.17) is 23.2 Å². The number of halogens is 2. The molecule has 0 bridgehead atoms. The van der Waals surface area contributed by atoms with Gasteiger partial charge in [0.25, 0.3) is 0 Å². The van der Waals surface area contributed by atoms with Gasteiger partial charge < -0.3 is 0 Å². The Hall–Kier alpha value is -1.93. The summed E-state index contributed by atoms with van der Waals surface area (Å²) in [5.74, 6) is 0. The summed E-state index contributed by atoms with van der Waals surface area (Å²) in [6, 6.07) is 11.9. The van der Waals surface area contributed by atoms with Crippen molar-refractivity contribution in [2.45, 2.75) is 18.0 Å². The molecule has 0 aliphatic heterocycles. The fourth-order valence-electron chi connectivity index (χ4n) is 2.20. The van der Waals surface area contributed by atoms with Crippen molar-refractivity contribution in [3.63, 3.8) is 0 Å². The maximum atomic E-state index is 12.4. The summed E-state index contributed by atoms with van der Waals surface area (Å²) in [5.41, 5.74) is 1.86. The topological polar surface area (TPSA) is 76.9 Å². The quantitative estimate of drug-likeness (QED) is 0.694. The fraction of sp³-hybridized carbons (Fsp3) is 0.125. The fourth-order valence-corrected chi connectivity index (χ4v) is 3.98. The predicted octanol–water partition coefficient (Wildman–Crippen LogP) is 3.11. The second-order valence-corrected chi connectivity index (χ2v) is 7.89. The largest absolute Gasteiger partial charge is 0.249 e. The van der Waals surface area contributed by atoms with Crippen molar-refractivity contribution >= 4 is 33.2 Å². The van der Waals surface area contributed by atoms with Gasteiger partial charge in [-0.1, -0.05) is 47.5 Å². The first kappa shape index (κ1) is 17.9. The molecule has 0 radical (unpaired) electrons. The van der Waals surface area contributed by atoms with Crippen molar-refractivity contribution in [3.8, 4) is 0 Å². The maximum Gasteiger partial charge on any atom is 0.242 e. The third-order valence-electron chi connectivity index (χ3n) is 3.48. The first-order chi connectivity index (χ1) is 11.9. The Morgan fingerprint density at radius 2 is 1.76 bits per heavy atom. The molecule has 1 aromatic heterocycles. The summed E-state index contributed by atoms with van der Waals surface area (Å²) < 4.78 is 29.0. The van der Waals surface area contributed by atoms with Gasteiger partial charge in [0.1, 0.15) is 17.6 Å². The highest BCUT2D eigenvalue weighted by molar-refractivity contribution is 7.89. The van der Waals surface area contributed by atoms with Crippen LogP contribution in [0.2, 0.25) is 10.0 Å². The zero-order valence-electron chi connectivity index (χ0n) is 12.9. The Kier molecular flexibility index (Phi) is 5.39. The Bertz CT molecular complexity index is 958. The van der Waals surface area contributed by atoms with Crippen LogP contribution in [0.15, 0.2) is 60.0 Å². The van der Waals surface area contributed by atoms with Crippen LogP contribution in [0, 0.1) is 0 Å². The zero-order chi connectivity index (χ0) is 17.9. The van der Waals surface area contributed by atoms with E-state index in [1.165, 1.54) is 24.5 Å². The summed E-state index contributed by atoms with van der Waals surface area (Å²) in [6.07, 6.45) is 3.11. The highest BCUT2D eigenvalue weighted by atomic mass is 35.5. The molecule has 0 atom stereocenters. The number of rotatable bonds is 6. The Balaban J connectivity index is 1.67. The molecule has 0 aliphatic carbocycles. The van der Waals surface area contributed by atoms with Crippen LogP contribution < -0.4 is 4.72 Å². The van der Waals surface area contributed by atoms with Crippen LogP contribution in [0.5, 0.6) is 0 Å². The molecule has 9 heteroatoms. The van der Waals surface area contributed by atoms with Gasteiger partial charge in [-0.25, -0.2) is 22.8 Å². The zero-order valence-corrected chi connectivity index (χ0v) is 15.3. The van der Waals surface area contributed by atoms with E-state index in [0.29, 0.717) is 11.6 Å². The number of nitrogens with zero attached hydrogens (tertiary/aromatic N) is 3. The Morgan fingerprint density at radius 3 is 2.44 bits per heavy atom. The van der Waals surface area contributed by atoms with Gasteiger partial charge in [-0.05, 0) is 29.3 Å². The van der Waals surface area contributed by atoms with Crippen molar-refractivity contribution in [2.75, 3.05) is 0 Å². The number of sulfonamides is 1. The Morgan fingerprint density at radius 1 is 1.04 bits per heavy atom. The van der Waals surface area contributed by atoms with Crippen LogP contribution in [-0.4, -0.2) is 23.2 Å². The van der Waals surface area contributed by atoms with Crippen LogP contribution in [-0.2, 0) is 23.1 Å². The summed E-state index contributed by atoms with van der Waals surface area (Å²) in [5, 5.41) is 4.47. The van der Waals surface area contributed by atoms with Gasteiger partial charge in [0.15, 0.2) is 0 Å². The molecule has 1 heterocycles. The van der Waals surface area contributed by atoms with E-state index in [2.05, 4.69) is 14.8 Å². The summed E-state index contributed by atoms with van der Waals surface area (Å²) in [4.78, 5) is 3.85. The van der Waals surface area contributed by atoms with E-state index >= 15 is 0 Å². The minimum atomic E-state index is -3.75. The number of hydrogen-bond acceptors (Lipinski definition) is 4. The number of aromatic nitrogens is 3. The van der Waals surface area contributed by atoms with E-state index < -0.39 is 10.0 Å². The molecule has 2 aromatic carbocycles. The average molecular weight is 397 g/mol. The van der Waals surface area contributed by atoms with Crippen LogP contribution in [0.25, 0.3) is 0 Å². The van der Waals surface area contributed by atoms with Gasteiger partial charge >= 0.3 is 0 Å². The molecule has 0 saturated heterocycles. The van der Waals surface area contributed by atoms with Crippen LogP contribution >= 0.6 is 23.2 Å². The normalized spacial score (nSPS) is 11.6. The standard InChI is InChI=1S/C16H14Cl2N4O2S/c17-14-5-6-15(18)16(7-14)25(23,24)21-8-12-1-3-13(4-2-12)9-22-11-19-10-20-22/h1-7,10-11,21H,8-9H2. The third-order valence-corrected chi connectivity index (χ3v) is 5.60. The van der Waals surface area contributed by atoms with Crippen LogP contribution in [0.4, 0.5) is 0 Å². The molecule has 0 spiro atoms. The van der Waals surface area contributed by atoms with E-state index in [0.717, 1.165) is 11.1 Å². The molecule has 130 valence electrons. The lowest BCUT2D eigenvalue weighted by molar-refractivity contribution is 0.581. The minimum Gasteiger partial charge on any atom is -0.249 e. The van der Waals surface area contributed by atoms with E-state index in [1.54, 1.807) is 11.0 Å². The van der Waals surface area contributed by atoms with Gasteiger partial charge in [-0.15, -0.1) is 0 Å². The Labute approximate surface area is 155 Å². The van der Waals surface area contributed by atoms with Crippen LogP contribution in [0.1, 0.15) is 11.1 Å². The van der Waals surface area contributed by atoms with Gasteiger partial charge in [0, 0.05) is 11.6 Å². The number of hydrogen-bond donors (Lipinski definition) is 1. The summed E-state index contributed by atoms with van der Waals surface area (Å²) in [7, 11) is -3.75. The van der Waals surface area contributed by atoms with Crippen LogP contribution in [0.3, 0.4) is 0 Å². The van der Waals surface area contributed by atoms with Gasteiger partial charge in [-0.3, -0.25) is 0 Å².